The Hall–Kier alpha value is -2.18. The van der Waals surface area contributed by atoms with Crippen LogP contribution in [0.3, 0.4) is 0 Å². The zero-order valence-electron chi connectivity index (χ0n) is 11.5. The molecule has 3 rings (SSSR count). The van der Waals surface area contributed by atoms with E-state index in [0.717, 1.165) is 5.39 Å². The largest absolute Gasteiger partial charge is 0.420 e. The summed E-state index contributed by atoms with van der Waals surface area (Å²) in [4.78, 5) is 24.5. The van der Waals surface area contributed by atoms with E-state index in [0.29, 0.717) is 16.4 Å². The molecule has 0 saturated carbocycles. The Morgan fingerprint density at radius 2 is 2.05 bits per heavy atom. The molecule has 0 fully saturated rings. The highest BCUT2D eigenvalue weighted by molar-refractivity contribution is 7.98. The molecule has 0 aliphatic carbocycles. The zero-order chi connectivity index (χ0) is 15.5. The van der Waals surface area contributed by atoms with Gasteiger partial charge < -0.3 is 4.74 Å². The molecule has 1 aromatic carbocycles. The van der Waals surface area contributed by atoms with Gasteiger partial charge in [-0.05, 0) is 18.4 Å². The minimum absolute atomic E-state index is 0.0672. The summed E-state index contributed by atoms with van der Waals surface area (Å²) in [5.74, 6) is -0.246. The summed E-state index contributed by atoms with van der Waals surface area (Å²) >= 11 is 7.35. The number of halogens is 1. The SMILES string of the molecule is CSc1ncc(C(=O)Oc2cccc3cccnc23)c(Cl)n1. The molecule has 110 valence electrons. The van der Waals surface area contributed by atoms with E-state index >= 15 is 0 Å². The first-order chi connectivity index (χ1) is 10.7. The number of ether oxygens (including phenoxy) is 1. The van der Waals surface area contributed by atoms with Crippen molar-refractivity contribution in [2.45, 2.75) is 5.16 Å². The Kier molecular flexibility index (Phi) is 4.22. The first kappa shape index (κ1) is 14.7. The highest BCUT2D eigenvalue weighted by atomic mass is 35.5. The van der Waals surface area contributed by atoms with Crippen LogP contribution in [0.4, 0.5) is 0 Å². The summed E-state index contributed by atoms with van der Waals surface area (Å²) in [6.07, 6.45) is 4.83. The third-order valence-corrected chi connectivity index (χ3v) is 3.77. The van der Waals surface area contributed by atoms with E-state index in [9.17, 15) is 4.79 Å². The van der Waals surface area contributed by atoms with Crippen molar-refractivity contribution in [1.82, 2.24) is 15.0 Å². The van der Waals surface area contributed by atoms with Gasteiger partial charge in [0, 0.05) is 17.8 Å². The predicted molar refractivity (Wildman–Crippen MR) is 85.5 cm³/mol. The van der Waals surface area contributed by atoms with Gasteiger partial charge in [0.05, 0.1) is 0 Å². The molecule has 0 aliphatic rings. The summed E-state index contributed by atoms with van der Waals surface area (Å²) in [7, 11) is 0. The number of carbonyl (C=O) groups is 1. The molecule has 0 aliphatic heterocycles. The van der Waals surface area contributed by atoms with Gasteiger partial charge in [0.2, 0.25) is 0 Å². The standard InChI is InChI=1S/C15H10ClN3O2S/c1-22-15-18-8-10(13(16)19-15)14(20)21-11-6-2-4-9-5-3-7-17-12(9)11/h2-8H,1H3. The Morgan fingerprint density at radius 1 is 1.23 bits per heavy atom. The van der Waals surface area contributed by atoms with Gasteiger partial charge in [0.1, 0.15) is 16.2 Å². The van der Waals surface area contributed by atoms with E-state index in [4.69, 9.17) is 16.3 Å². The van der Waals surface area contributed by atoms with Gasteiger partial charge in [-0.25, -0.2) is 14.8 Å². The second-order valence-electron chi connectivity index (χ2n) is 4.28. The number of benzene rings is 1. The minimum atomic E-state index is -0.615. The van der Waals surface area contributed by atoms with Crippen LogP contribution in [0.5, 0.6) is 5.75 Å². The molecular formula is C15H10ClN3O2S. The lowest BCUT2D eigenvalue weighted by Gasteiger charge is -2.07. The molecule has 2 heterocycles. The summed E-state index contributed by atoms with van der Waals surface area (Å²) in [5, 5.41) is 1.44. The highest BCUT2D eigenvalue weighted by Crippen LogP contribution is 2.25. The van der Waals surface area contributed by atoms with Crippen LogP contribution in [0.25, 0.3) is 10.9 Å². The third-order valence-electron chi connectivity index (χ3n) is 2.92. The topological polar surface area (TPSA) is 65.0 Å². The molecule has 3 aromatic rings. The van der Waals surface area contributed by atoms with E-state index in [-0.39, 0.29) is 10.7 Å². The maximum absolute atomic E-state index is 12.3. The quantitative estimate of drug-likeness (QED) is 0.240. The normalized spacial score (nSPS) is 10.6. The number of nitrogens with zero attached hydrogens (tertiary/aromatic N) is 3. The second-order valence-corrected chi connectivity index (χ2v) is 5.41. The average Bonchev–Trinajstić information content (AvgIpc) is 2.55. The molecule has 0 amide bonds. The van der Waals surface area contributed by atoms with Crippen LogP contribution in [0.1, 0.15) is 10.4 Å². The van der Waals surface area contributed by atoms with Crippen molar-refractivity contribution in [1.29, 1.82) is 0 Å². The number of rotatable bonds is 3. The van der Waals surface area contributed by atoms with Crippen molar-refractivity contribution in [3.05, 3.63) is 53.4 Å². The number of esters is 1. The zero-order valence-corrected chi connectivity index (χ0v) is 13.1. The van der Waals surface area contributed by atoms with Crippen molar-refractivity contribution in [3.8, 4) is 5.75 Å². The van der Waals surface area contributed by atoms with Crippen molar-refractivity contribution >= 4 is 40.2 Å². The van der Waals surface area contributed by atoms with E-state index in [1.165, 1.54) is 18.0 Å². The molecule has 0 N–H and O–H groups in total. The number of pyridine rings is 1. The van der Waals surface area contributed by atoms with Crippen LogP contribution < -0.4 is 4.74 Å². The van der Waals surface area contributed by atoms with Crippen molar-refractivity contribution < 1.29 is 9.53 Å². The van der Waals surface area contributed by atoms with Crippen LogP contribution >= 0.6 is 23.4 Å². The molecule has 0 spiro atoms. The monoisotopic (exact) mass is 331 g/mol. The number of hydrogen-bond donors (Lipinski definition) is 0. The van der Waals surface area contributed by atoms with Crippen LogP contribution in [0, 0.1) is 0 Å². The molecule has 0 unspecified atom stereocenters. The Labute approximate surface area is 135 Å². The van der Waals surface area contributed by atoms with Crippen molar-refractivity contribution in [3.63, 3.8) is 0 Å². The molecule has 0 radical (unpaired) electrons. The van der Waals surface area contributed by atoms with Gasteiger partial charge >= 0.3 is 5.97 Å². The fraction of sp³-hybridized carbons (Fsp3) is 0.0667. The van der Waals surface area contributed by atoms with Gasteiger partial charge in [0.25, 0.3) is 0 Å². The number of fused-ring (bicyclic) bond motifs is 1. The van der Waals surface area contributed by atoms with E-state index < -0.39 is 5.97 Å². The smallest absolute Gasteiger partial charge is 0.348 e. The summed E-state index contributed by atoms with van der Waals surface area (Å²) in [6.45, 7) is 0. The van der Waals surface area contributed by atoms with Crippen molar-refractivity contribution in [2.24, 2.45) is 0 Å². The maximum Gasteiger partial charge on any atom is 0.348 e. The Morgan fingerprint density at radius 3 is 2.82 bits per heavy atom. The van der Waals surface area contributed by atoms with Crippen LogP contribution in [0.15, 0.2) is 47.9 Å². The molecule has 0 saturated heterocycles. The van der Waals surface area contributed by atoms with Gasteiger partial charge in [-0.3, -0.25) is 4.98 Å². The maximum atomic E-state index is 12.3. The summed E-state index contributed by atoms with van der Waals surface area (Å²) < 4.78 is 5.40. The van der Waals surface area contributed by atoms with Crippen LogP contribution in [0.2, 0.25) is 5.15 Å². The number of aromatic nitrogens is 3. The fourth-order valence-corrected chi connectivity index (χ4v) is 2.49. The molecule has 0 atom stereocenters. The molecule has 22 heavy (non-hydrogen) atoms. The lowest BCUT2D eigenvalue weighted by Crippen LogP contribution is -2.11. The van der Waals surface area contributed by atoms with Gasteiger partial charge in [0.15, 0.2) is 10.9 Å². The molecule has 5 nitrogen and oxygen atoms in total. The predicted octanol–water partition coefficient (Wildman–Crippen LogP) is 3.62. The number of thioether (sulfide) groups is 1. The lowest BCUT2D eigenvalue weighted by atomic mass is 10.2. The van der Waals surface area contributed by atoms with Gasteiger partial charge in [-0.2, -0.15) is 0 Å². The summed E-state index contributed by atoms with van der Waals surface area (Å²) in [5.41, 5.74) is 0.725. The van der Waals surface area contributed by atoms with Gasteiger partial charge in [-0.1, -0.05) is 41.6 Å². The number of hydrogen-bond acceptors (Lipinski definition) is 6. The molecule has 0 bridgehead atoms. The van der Waals surface area contributed by atoms with E-state index in [1.807, 2.05) is 24.5 Å². The fourth-order valence-electron chi connectivity index (χ4n) is 1.89. The number of carbonyl (C=O) groups excluding carboxylic acids is 1. The highest BCUT2D eigenvalue weighted by Gasteiger charge is 2.17. The van der Waals surface area contributed by atoms with Crippen molar-refractivity contribution in [2.75, 3.05) is 6.26 Å². The third kappa shape index (κ3) is 2.88. The Bertz CT molecular complexity index is 852. The molecule has 2 aromatic heterocycles. The molecular weight excluding hydrogens is 322 g/mol. The first-order valence-corrected chi connectivity index (χ1v) is 7.92. The lowest BCUT2D eigenvalue weighted by molar-refractivity contribution is 0.0736. The average molecular weight is 332 g/mol. The minimum Gasteiger partial charge on any atom is -0.420 e. The Balaban J connectivity index is 1.93. The summed E-state index contributed by atoms with van der Waals surface area (Å²) in [6, 6.07) is 9.08. The van der Waals surface area contributed by atoms with E-state index in [1.54, 1.807) is 18.3 Å². The van der Waals surface area contributed by atoms with Crippen LogP contribution in [-0.4, -0.2) is 27.2 Å². The van der Waals surface area contributed by atoms with E-state index in [2.05, 4.69) is 15.0 Å². The second kappa shape index (κ2) is 6.29. The molecule has 7 heteroatoms. The number of para-hydroxylation sites is 1. The first-order valence-electron chi connectivity index (χ1n) is 6.31. The van der Waals surface area contributed by atoms with Gasteiger partial charge in [-0.15, -0.1) is 0 Å². The van der Waals surface area contributed by atoms with Crippen LogP contribution in [-0.2, 0) is 0 Å².